The summed E-state index contributed by atoms with van der Waals surface area (Å²) in [5, 5.41) is 2.63. The van der Waals surface area contributed by atoms with E-state index in [4.69, 9.17) is 11.6 Å². The minimum atomic E-state index is -2.95. The van der Waals surface area contributed by atoms with Crippen molar-refractivity contribution in [3.8, 4) is 5.75 Å². The SMILES string of the molecule is O=C(Nc1ccc(OC(F)F)c(Cl)c1)c1cccc(I)c1. The Kier molecular flexibility index (Phi) is 5.35. The number of benzene rings is 2. The lowest BCUT2D eigenvalue weighted by Gasteiger charge is -2.09. The normalized spacial score (nSPS) is 10.5. The molecule has 0 radical (unpaired) electrons. The number of halogens is 4. The lowest BCUT2D eigenvalue weighted by atomic mass is 10.2. The topological polar surface area (TPSA) is 38.3 Å². The Morgan fingerprint density at radius 3 is 2.62 bits per heavy atom. The molecule has 0 bridgehead atoms. The molecule has 0 atom stereocenters. The van der Waals surface area contributed by atoms with Crippen LogP contribution in [0.2, 0.25) is 5.02 Å². The number of ether oxygens (including phenoxy) is 1. The summed E-state index contributed by atoms with van der Waals surface area (Å²) in [6, 6.07) is 11.1. The Morgan fingerprint density at radius 1 is 1.24 bits per heavy atom. The Labute approximate surface area is 138 Å². The highest BCUT2D eigenvalue weighted by Gasteiger charge is 2.11. The van der Waals surface area contributed by atoms with Crippen LogP contribution >= 0.6 is 34.2 Å². The van der Waals surface area contributed by atoms with Gasteiger partial charge >= 0.3 is 6.61 Å². The van der Waals surface area contributed by atoms with Crippen LogP contribution in [0.25, 0.3) is 0 Å². The smallest absolute Gasteiger partial charge is 0.387 e. The van der Waals surface area contributed by atoms with E-state index in [0.717, 1.165) is 3.57 Å². The summed E-state index contributed by atoms with van der Waals surface area (Å²) >= 11 is 7.92. The highest BCUT2D eigenvalue weighted by atomic mass is 127. The number of carbonyl (C=O) groups is 1. The molecular formula is C14H9ClF2INO2. The Morgan fingerprint density at radius 2 is 2.00 bits per heavy atom. The van der Waals surface area contributed by atoms with Crippen molar-refractivity contribution in [3.05, 3.63) is 56.6 Å². The molecule has 0 saturated heterocycles. The van der Waals surface area contributed by atoms with Crippen LogP contribution in [0.3, 0.4) is 0 Å². The van der Waals surface area contributed by atoms with Crippen LogP contribution in [0.5, 0.6) is 5.75 Å². The van der Waals surface area contributed by atoms with Gasteiger partial charge in [0.1, 0.15) is 5.75 Å². The van der Waals surface area contributed by atoms with Crippen LogP contribution in [-0.4, -0.2) is 12.5 Å². The molecule has 21 heavy (non-hydrogen) atoms. The zero-order valence-corrected chi connectivity index (χ0v) is 13.4. The molecule has 110 valence electrons. The summed E-state index contributed by atoms with van der Waals surface area (Å²) in [5.74, 6) is -0.453. The molecule has 0 aliphatic rings. The molecule has 3 nitrogen and oxygen atoms in total. The zero-order valence-electron chi connectivity index (χ0n) is 10.4. The number of carbonyl (C=O) groups excluding carboxylic acids is 1. The fourth-order valence-electron chi connectivity index (χ4n) is 1.60. The lowest BCUT2D eigenvalue weighted by molar-refractivity contribution is -0.0497. The Hall–Kier alpha value is -1.41. The molecule has 0 aliphatic carbocycles. The summed E-state index contributed by atoms with van der Waals surface area (Å²) in [7, 11) is 0. The minimum absolute atomic E-state index is 0.00394. The van der Waals surface area contributed by atoms with Crippen LogP contribution in [0.15, 0.2) is 42.5 Å². The molecule has 0 unspecified atom stereocenters. The van der Waals surface area contributed by atoms with Crippen molar-refractivity contribution >= 4 is 45.8 Å². The number of rotatable bonds is 4. The van der Waals surface area contributed by atoms with E-state index in [1.807, 2.05) is 6.07 Å². The highest BCUT2D eigenvalue weighted by molar-refractivity contribution is 14.1. The summed E-state index contributed by atoms with van der Waals surface area (Å²) < 4.78 is 29.4. The van der Waals surface area contributed by atoms with E-state index >= 15 is 0 Å². The minimum Gasteiger partial charge on any atom is -0.433 e. The molecular weight excluding hydrogens is 415 g/mol. The molecule has 0 heterocycles. The maximum Gasteiger partial charge on any atom is 0.387 e. The van der Waals surface area contributed by atoms with E-state index in [1.54, 1.807) is 18.2 Å². The van der Waals surface area contributed by atoms with E-state index in [9.17, 15) is 13.6 Å². The first-order valence-electron chi connectivity index (χ1n) is 5.77. The maximum absolute atomic E-state index is 12.1. The number of nitrogens with one attached hydrogen (secondary N) is 1. The van der Waals surface area contributed by atoms with Crippen molar-refractivity contribution in [1.29, 1.82) is 0 Å². The lowest BCUT2D eigenvalue weighted by Crippen LogP contribution is -2.12. The molecule has 7 heteroatoms. The first-order valence-corrected chi connectivity index (χ1v) is 7.22. The van der Waals surface area contributed by atoms with Crippen molar-refractivity contribution in [1.82, 2.24) is 0 Å². The summed E-state index contributed by atoms with van der Waals surface area (Å²) in [6.07, 6.45) is 0. The first kappa shape index (κ1) is 16.0. The van der Waals surface area contributed by atoms with Gasteiger partial charge in [-0.1, -0.05) is 17.7 Å². The number of amides is 1. The van der Waals surface area contributed by atoms with Gasteiger partial charge < -0.3 is 10.1 Å². The van der Waals surface area contributed by atoms with Gasteiger partial charge in [-0.15, -0.1) is 0 Å². The van der Waals surface area contributed by atoms with Crippen LogP contribution < -0.4 is 10.1 Å². The monoisotopic (exact) mass is 423 g/mol. The van der Waals surface area contributed by atoms with Crippen molar-refractivity contribution in [3.63, 3.8) is 0 Å². The second-order valence-electron chi connectivity index (χ2n) is 3.99. The quantitative estimate of drug-likeness (QED) is 0.718. The molecule has 2 aromatic rings. The third-order valence-corrected chi connectivity index (χ3v) is 3.46. The Balaban J connectivity index is 2.13. The fraction of sp³-hybridized carbons (Fsp3) is 0.0714. The predicted molar refractivity (Wildman–Crippen MR) is 85.2 cm³/mol. The third kappa shape index (κ3) is 4.53. The van der Waals surface area contributed by atoms with Crippen LogP contribution in [0, 0.1) is 3.57 Å². The number of alkyl halides is 2. The summed E-state index contributed by atoms with van der Waals surface area (Å²) in [6.45, 7) is -2.95. The Bertz CT molecular complexity index is 667. The van der Waals surface area contributed by atoms with Gasteiger partial charge in [-0.3, -0.25) is 4.79 Å². The maximum atomic E-state index is 12.1. The van der Waals surface area contributed by atoms with E-state index in [2.05, 4.69) is 32.6 Å². The molecule has 2 rings (SSSR count). The van der Waals surface area contributed by atoms with E-state index < -0.39 is 6.61 Å². The predicted octanol–water partition coefficient (Wildman–Crippen LogP) is 4.80. The van der Waals surface area contributed by atoms with E-state index in [0.29, 0.717) is 11.3 Å². The molecule has 0 saturated carbocycles. The van der Waals surface area contributed by atoms with Gasteiger partial charge in [0, 0.05) is 14.8 Å². The van der Waals surface area contributed by atoms with Gasteiger partial charge in [-0.2, -0.15) is 8.78 Å². The number of anilines is 1. The molecule has 2 aromatic carbocycles. The molecule has 1 N–H and O–H groups in total. The van der Waals surface area contributed by atoms with Crippen molar-refractivity contribution in [2.75, 3.05) is 5.32 Å². The summed E-state index contributed by atoms with van der Waals surface area (Å²) in [4.78, 5) is 12.0. The second-order valence-corrected chi connectivity index (χ2v) is 5.64. The number of hydrogen-bond acceptors (Lipinski definition) is 2. The highest BCUT2D eigenvalue weighted by Crippen LogP contribution is 2.29. The van der Waals surface area contributed by atoms with Gasteiger partial charge in [-0.25, -0.2) is 0 Å². The van der Waals surface area contributed by atoms with Crippen LogP contribution in [0.1, 0.15) is 10.4 Å². The van der Waals surface area contributed by atoms with Gasteiger partial charge in [0.2, 0.25) is 0 Å². The van der Waals surface area contributed by atoms with Gasteiger partial charge in [0.05, 0.1) is 5.02 Å². The second kappa shape index (κ2) is 7.04. The summed E-state index contributed by atoms with van der Waals surface area (Å²) in [5.41, 5.74) is 0.886. The van der Waals surface area contributed by atoms with Gasteiger partial charge in [0.25, 0.3) is 5.91 Å². The van der Waals surface area contributed by atoms with E-state index in [-0.39, 0.29) is 16.7 Å². The van der Waals surface area contributed by atoms with Crippen LogP contribution in [-0.2, 0) is 0 Å². The zero-order chi connectivity index (χ0) is 15.4. The average molecular weight is 424 g/mol. The molecule has 1 amide bonds. The molecule has 0 aromatic heterocycles. The van der Waals surface area contributed by atoms with E-state index in [1.165, 1.54) is 18.2 Å². The van der Waals surface area contributed by atoms with Crippen molar-refractivity contribution < 1.29 is 18.3 Å². The molecule has 0 spiro atoms. The number of hydrogen-bond donors (Lipinski definition) is 1. The van der Waals surface area contributed by atoms with Crippen molar-refractivity contribution in [2.24, 2.45) is 0 Å². The molecule has 0 aliphatic heterocycles. The standard InChI is InChI=1S/C14H9ClF2INO2/c15-11-7-10(4-5-12(11)21-14(16)17)19-13(20)8-2-1-3-9(18)6-8/h1-7,14H,(H,19,20). The first-order chi connectivity index (χ1) is 9.95. The van der Waals surface area contributed by atoms with Crippen LogP contribution in [0.4, 0.5) is 14.5 Å². The third-order valence-electron chi connectivity index (χ3n) is 2.49. The largest absolute Gasteiger partial charge is 0.433 e. The van der Waals surface area contributed by atoms with Gasteiger partial charge in [0.15, 0.2) is 0 Å². The average Bonchev–Trinajstić information content (AvgIpc) is 2.41. The fourth-order valence-corrected chi connectivity index (χ4v) is 2.37. The van der Waals surface area contributed by atoms with Gasteiger partial charge in [-0.05, 0) is 59.0 Å². The van der Waals surface area contributed by atoms with Crippen molar-refractivity contribution in [2.45, 2.75) is 6.61 Å². The molecule has 0 fully saturated rings.